The van der Waals surface area contributed by atoms with Crippen molar-refractivity contribution in [2.75, 3.05) is 32.0 Å². The standard InChI is InChI=1S/C22H29N3O2/c1-5-25(6-2)22(27)18-11-13-20(14-12-18)23-21(26)16-24(4)15-19-10-8-7-9-17(19)3/h7-14H,5-6,15-16H2,1-4H3,(H,23,26). The molecule has 0 saturated heterocycles. The highest BCUT2D eigenvalue weighted by molar-refractivity contribution is 5.96. The van der Waals surface area contributed by atoms with Crippen molar-refractivity contribution in [3.8, 4) is 0 Å². The van der Waals surface area contributed by atoms with Crippen LogP contribution >= 0.6 is 0 Å². The molecule has 0 unspecified atom stereocenters. The molecule has 0 aliphatic heterocycles. The molecule has 1 N–H and O–H groups in total. The van der Waals surface area contributed by atoms with E-state index in [9.17, 15) is 9.59 Å². The summed E-state index contributed by atoms with van der Waals surface area (Å²) in [6.07, 6.45) is 0. The highest BCUT2D eigenvalue weighted by Crippen LogP contribution is 2.13. The van der Waals surface area contributed by atoms with Crippen LogP contribution in [-0.4, -0.2) is 48.3 Å². The zero-order valence-electron chi connectivity index (χ0n) is 16.7. The van der Waals surface area contributed by atoms with Crippen molar-refractivity contribution in [3.63, 3.8) is 0 Å². The first-order valence-electron chi connectivity index (χ1n) is 9.36. The van der Waals surface area contributed by atoms with E-state index in [1.54, 1.807) is 29.2 Å². The van der Waals surface area contributed by atoms with Gasteiger partial charge in [0.2, 0.25) is 5.91 Å². The summed E-state index contributed by atoms with van der Waals surface area (Å²) >= 11 is 0. The molecule has 0 radical (unpaired) electrons. The average Bonchev–Trinajstić information content (AvgIpc) is 2.65. The second-order valence-electron chi connectivity index (χ2n) is 6.70. The number of nitrogens with one attached hydrogen (secondary N) is 1. The summed E-state index contributed by atoms with van der Waals surface area (Å²) in [5, 5.41) is 2.89. The predicted molar refractivity (Wildman–Crippen MR) is 110 cm³/mol. The molecule has 2 rings (SSSR count). The maximum absolute atomic E-state index is 12.3. The first-order chi connectivity index (χ1) is 12.9. The van der Waals surface area contributed by atoms with Crippen LogP contribution in [0, 0.1) is 6.92 Å². The molecule has 0 aromatic heterocycles. The van der Waals surface area contributed by atoms with Crippen molar-refractivity contribution in [1.82, 2.24) is 9.80 Å². The van der Waals surface area contributed by atoms with Crippen LogP contribution in [0.2, 0.25) is 0 Å². The topological polar surface area (TPSA) is 52.7 Å². The smallest absolute Gasteiger partial charge is 0.253 e. The van der Waals surface area contributed by atoms with Crippen LogP contribution in [0.3, 0.4) is 0 Å². The molecule has 5 heteroatoms. The number of benzene rings is 2. The van der Waals surface area contributed by atoms with Gasteiger partial charge in [-0.1, -0.05) is 24.3 Å². The fraction of sp³-hybridized carbons (Fsp3) is 0.364. The highest BCUT2D eigenvalue weighted by Gasteiger charge is 2.13. The van der Waals surface area contributed by atoms with E-state index in [1.165, 1.54) is 11.1 Å². The lowest BCUT2D eigenvalue weighted by molar-refractivity contribution is -0.117. The van der Waals surface area contributed by atoms with Crippen molar-refractivity contribution in [2.24, 2.45) is 0 Å². The molecule has 0 aliphatic rings. The number of hydrogen-bond donors (Lipinski definition) is 1. The van der Waals surface area contributed by atoms with Gasteiger partial charge in [-0.25, -0.2) is 0 Å². The predicted octanol–water partition coefficient (Wildman–Crippen LogP) is 3.55. The van der Waals surface area contributed by atoms with Crippen molar-refractivity contribution >= 4 is 17.5 Å². The van der Waals surface area contributed by atoms with Gasteiger partial charge in [-0.15, -0.1) is 0 Å². The number of nitrogens with zero attached hydrogens (tertiary/aromatic N) is 2. The maximum Gasteiger partial charge on any atom is 0.253 e. The lowest BCUT2D eigenvalue weighted by Gasteiger charge is -2.19. The lowest BCUT2D eigenvalue weighted by Crippen LogP contribution is -2.31. The van der Waals surface area contributed by atoms with Gasteiger partial charge in [0.25, 0.3) is 5.91 Å². The molecule has 0 atom stereocenters. The molecular formula is C22H29N3O2. The molecule has 0 fully saturated rings. The number of amides is 2. The van der Waals surface area contributed by atoms with Gasteiger partial charge in [0, 0.05) is 30.9 Å². The van der Waals surface area contributed by atoms with Gasteiger partial charge in [-0.05, 0) is 63.2 Å². The third kappa shape index (κ3) is 5.93. The van der Waals surface area contributed by atoms with Crippen molar-refractivity contribution < 1.29 is 9.59 Å². The molecule has 0 spiro atoms. The number of carbonyl (C=O) groups excluding carboxylic acids is 2. The Kier molecular flexibility index (Phi) is 7.55. The Morgan fingerprint density at radius 3 is 2.19 bits per heavy atom. The summed E-state index contributed by atoms with van der Waals surface area (Å²) in [7, 11) is 1.93. The minimum atomic E-state index is -0.0751. The minimum Gasteiger partial charge on any atom is -0.339 e. The number of hydrogen-bond acceptors (Lipinski definition) is 3. The second-order valence-corrected chi connectivity index (χ2v) is 6.70. The Hall–Kier alpha value is -2.66. The molecule has 2 aromatic rings. The van der Waals surface area contributed by atoms with Crippen LogP contribution < -0.4 is 5.32 Å². The van der Waals surface area contributed by atoms with Crippen molar-refractivity contribution in [2.45, 2.75) is 27.3 Å². The minimum absolute atomic E-state index is 0.0100. The van der Waals surface area contributed by atoms with Gasteiger partial charge in [-0.2, -0.15) is 0 Å². The summed E-state index contributed by atoms with van der Waals surface area (Å²) in [6, 6.07) is 15.2. The van der Waals surface area contributed by atoms with Crippen LogP contribution in [0.5, 0.6) is 0 Å². The summed E-state index contributed by atoms with van der Waals surface area (Å²) in [5.41, 5.74) is 3.76. The molecule has 0 saturated carbocycles. The number of anilines is 1. The Morgan fingerprint density at radius 1 is 0.963 bits per heavy atom. The molecule has 0 bridgehead atoms. The normalized spacial score (nSPS) is 10.7. The van der Waals surface area contributed by atoms with Crippen LogP contribution in [0.15, 0.2) is 48.5 Å². The first-order valence-corrected chi connectivity index (χ1v) is 9.36. The van der Waals surface area contributed by atoms with E-state index in [0.29, 0.717) is 30.9 Å². The van der Waals surface area contributed by atoms with E-state index >= 15 is 0 Å². The Morgan fingerprint density at radius 2 is 1.59 bits per heavy atom. The summed E-state index contributed by atoms with van der Waals surface area (Å²) in [5.74, 6) is -0.0651. The summed E-state index contributed by atoms with van der Waals surface area (Å²) in [6.45, 7) is 8.38. The average molecular weight is 367 g/mol. The fourth-order valence-electron chi connectivity index (χ4n) is 2.97. The van der Waals surface area contributed by atoms with Gasteiger partial charge in [0.1, 0.15) is 0 Å². The molecule has 2 amide bonds. The second kappa shape index (κ2) is 9.88. The van der Waals surface area contributed by atoms with Crippen LogP contribution in [0.1, 0.15) is 35.3 Å². The van der Waals surface area contributed by atoms with Crippen molar-refractivity contribution in [3.05, 3.63) is 65.2 Å². The lowest BCUT2D eigenvalue weighted by atomic mass is 10.1. The Balaban J connectivity index is 1.90. The third-order valence-corrected chi connectivity index (χ3v) is 4.58. The largest absolute Gasteiger partial charge is 0.339 e. The van der Waals surface area contributed by atoms with E-state index < -0.39 is 0 Å². The Bertz CT molecular complexity index is 767. The quantitative estimate of drug-likeness (QED) is 0.776. The van der Waals surface area contributed by atoms with Gasteiger partial charge < -0.3 is 10.2 Å². The van der Waals surface area contributed by atoms with Gasteiger partial charge in [-0.3, -0.25) is 14.5 Å². The maximum atomic E-state index is 12.3. The molecule has 2 aromatic carbocycles. The molecular weight excluding hydrogens is 338 g/mol. The monoisotopic (exact) mass is 367 g/mol. The van der Waals surface area contributed by atoms with E-state index in [2.05, 4.69) is 24.4 Å². The van der Waals surface area contributed by atoms with E-state index in [0.717, 1.165) is 6.54 Å². The van der Waals surface area contributed by atoms with E-state index in [1.807, 2.05) is 37.9 Å². The van der Waals surface area contributed by atoms with Gasteiger partial charge in [0.05, 0.1) is 6.54 Å². The fourth-order valence-corrected chi connectivity index (χ4v) is 2.97. The zero-order valence-corrected chi connectivity index (χ0v) is 16.7. The van der Waals surface area contributed by atoms with Gasteiger partial charge >= 0.3 is 0 Å². The van der Waals surface area contributed by atoms with E-state index in [4.69, 9.17) is 0 Å². The first kappa shape index (κ1) is 20.6. The summed E-state index contributed by atoms with van der Waals surface area (Å²) in [4.78, 5) is 28.4. The van der Waals surface area contributed by atoms with Crippen molar-refractivity contribution in [1.29, 1.82) is 0 Å². The molecule has 144 valence electrons. The number of aryl methyl sites for hydroxylation is 1. The SMILES string of the molecule is CCN(CC)C(=O)c1ccc(NC(=O)CN(C)Cc2ccccc2C)cc1. The molecule has 0 heterocycles. The molecule has 5 nitrogen and oxygen atoms in total. The molecule has 0 aliphatic carbocycles. The zero-order chi connectivity index (χ0) is 19.8. The highest BCUT2D eigenvalue weighted by atomic mass is 16.2. The molecule has 27 heavy (non-hydrogen) atoms. The number of carbonyl (C=O) groups is 2. The summed E-state index contributed by atoms with van der Waals surface area (Å²) < 4.78 is 0. The number of rotatable bonds is 8. The van der Waals surface area contributed by atoms with Crippen LogP contribution in [-0.2, 0) is 11.3 Å². The Labute approximate surface area is 162 Å². The van der Waals surface area contributed by atoms with Gasteiger partial charge in [0.15, 0.2) is 0 Å². The van der Waals surface area contributed by atoms with E-state index in [-0.39, 0.29) is 11.8 Å². The third-order valence-electron chi connectivity index (χ3n) is 4.58. The van der Waals surface area contributed by atoms with Crippen LogP contribution in [0.25, 0.3) is 0 Å². The number of likely N-dealkylation sites (N-methyl/N-ethyl adjacent to an activating group) is 1. The van der Waals surface area contributed by atoms with Crippen LogP contribution in [0.4, 0.5) is 5.69 Å².